The number of carbonyl (C=O) groups is 4. The van der Waals surface area contributed by atoms with Crippen LogP contribution < -0.4 is 18.9 Å². The SMILES string of the molecule is CN1CCc2cccc3c2C1Cc1ccc(OC(=O)C(C)(C)C)c(OC(=O)C(C)(C)C)c1-3.CN1CCc2cccc3c2C1Cc1ccc(OC(=O)c2ccccc2)c(OC(=O)c2ccccc2)c1-3. The monoisotopic (exact) mass is 910 g/mol. The van der Waals surface area contributed by atoms with E-state index in [2.05, 4.69) is 60.3 Å². The maximum absolute atomic E-state index is 13.2. The number of carbonyl (C=O) groups excluding carboxylic acids is 4. The molecule has 2 atom stereocenters. The Labute approximate surface area is 398 Å². The van der Waals surface area contributed by atoms with E-state index in [-0.39, 0.29) is 35.5 Å². The Kier molecular flexibility index (Phi) is 12.5. The van der Waals surface area contributed by atoms with Crippen molar-refractivity contribution < 1.29 is 38.1 Å². The molecule has 6 aromatic rings. The van der Waals surface area contributed by atoms with E-state index >= 15 is 0 Å². The standard InChI is InChI=1S/C31H25NO4.C27H33NO4/c1-32-18-17-20-13-8-14-24-27(20)25(32)19-23-15-16-26(35-30(33)21-9-4-2-5-10-21)29(28(23)24)36-31(34)22-11-6-3-7-12-22;1-26(2,3)24(29)31-20-12-11-17-15-19-21-16(13-14-28(19)7)9-8-10-18(21)22(17)23(20)32-25(30)27(4,5)6/h2-16,25H,17-19H2,1H3;8-12,19H,13-15H2,1-7H3. The van der Waals surface area contributed by atoms with Crippen LogP contribution in [0.5, 0.6) is 23.0 Å². The van der Waals surface area contributed by atoms with Crippen molar-refractivity contribution in [1.82, 2.24) is 9.80 Å². The van der Waals surface area contributed by atoms with Gasteiger partial charge in [0.05, 0.1) is 22.0 Å². The van der Waals surface area contributed by atoms with E-state index in [0.717, 1.165) is 72.2 Å². The Morgan fingerprint density at radius 2 is 0.868 bits per heavy atom. The molecule has 0 fully saturated rings. The normalized spacial score (nSPS) is 16.9. The van der Waals surface area contributed by atoms with Crippen LogP contribution in [0.2, 0.25) is 0 Å². The third-order valence-electron chi connectivity index (χ3n) is 13.4. The highest BCUT2D eigenvalue weighted by Gasteiger charge is 2.39. The molecular weight excluding hydrogens is 853 g/mol. The summed E-state index contributed by atoms with van der Waals surface area (Å²) in [7, 11) is 4.32. The fourth-order valence-electron chi connectivity index (χ4n) is 9.62. The molecule has 2 heterocycles. The van der Waals surface area contributed by atoms with E-state index in [1.807, 2.05) is 65.8 Å². The van der Waals surface area contributed by atoms with Gasteiger partial charge >= 0.3 is 23.9 Å². The van der Waals surface area contributed by atoms with Crippen molar-refractivity contribution in [3.05, 3.63) is 166 Å². The average Bonchev–Trinajstić information content (AvgIpc) is 3.32. The third-order valence-corrected chi connectivity index (χ3v) is 13.4. The molecule has 348 valence electrons. The summed E-state index contributed by atoms with van der Waals surface area (Å²) in [6.45, 7) is 12.9. The zero-order chi connectivity index (χ0) is 48.1. The maximum Gasteiger partial charge on any atom is 0.343 e. The van der Waals surface area contributed by atoms with Gasteiger partial charge in [-0.25, -0.2) is 9.59 Å². The second-order valence-corrected chi connectivity index (χ2v) is 20.3. The van der Waals surface area contributed by atoms with E-state index in [9.17, 15) is 19.2 Å². The van der Waals surface area contributed by atoms with Gasteiger partial charge in [0.25, 0.3) is 0 Å². The van der Waals surface area contributed by atoms with Crippen LogP contribution in [0, 0.1) is 10.8 Å². The molecule has 10 rings (SSSR count). The molecule has 4 aliphatic rings. The Morgan fingerprint density at radius 1 is 0.456 bits per heavy atom. The lowest BCUT2D eigenvalue weighted by Gasteiger charge is -2.40. The van der Waals surface area contributed by atoms with Gasteiger partial charge in [-0.15, -0.1) is 0 Å². The number of benzene rings is 6. The first-order valence-electron chi connectivity index (χ1n) is 23.4. The first-order chi connectivity index (χ1) is 32.5. The zero-order valence-corrected chi connectivity index (χ0v) is 40.1. The molecule has 10 nitrogen and oxygen atoms in total. The summed E-state index contributed by atoms with van der Waals surface area (Å²) >= 11 is 0. The third kappa shape index (κ3) is 8.98. The van der Waals surface area contributed by atoms with Crippen molar-refractivity contribution in [2.75, 3.05) is 27.2 Å². The summed E-state index contributed by atoms with van der Waals surface area (Å²) in [6.07, 6.45) is 3.57. The first-order valence-corrected chi connectivity index (χ1v) is 23.4. The van der Waals surface area contributed by atoms with E-state index < -0.39 is 22.8 Å². The number of fused-ring (bicyclic) bond motifs is 4. The lowest BCUT2D eigenvalue weighted by Crippen LogP contribution is -2.35. The van der Waals surface area contributed by atoms with Gasteiger partial charge in [0.15, 0.2) is 23.0 Å². The molecule has 0 amide bonds. The predicted octanol–water partition coefficient (Wildman–Crippen LogP) is 11.2. The Bertz CT molecular complexity index is 2950. The number of hydrogen-bond donors (Lipinski definition) is 0. The fraction of sp³-hybridized carbons (Fsp3) is 0.310. The molecule has 68 heavy (non-hydrogen) atoms. The van der Waals surface area contributed by atoms with Crippen molar-refractivity contribution in [2.24, 2.45) is 10.8 Å². The van der Waals surface area contributed by atoms with Gasteiger partial charge in [0.2, 0.25) is 0 Å². The zero-order valence-electron chi connectivity index (χ0n) is 40.1. The molecule has 2 aliphatic heterocycles. The van der Waals surface area contributed by atoms with Crippen molar-refractivity contribution in [1.29, 1.82) is 0 Å². The molecule has 2 aliphatic carbocycles. The Hall–Kier alpha value is -6.88. The number of esters is 4. The van der Waals surface area contributed by atoms with Crippen molar-refractivity contribution in [3.63, 3.8) is 0 Å². The van der Waals surface area contributed by atoms with Gasteiger partial charge in [-0.1, -0.05) is 84.9 Å². The summed E-state index contributed by atoms with van der Waals surface area (Å²) in [5.74, 6) is -0.572. The fourth-order valence-corrected chi connectivity index (χ4v) is 9.62. The number of hydrogen-bond acceptors (Lipinski definition) is 10. The second-order valence-electron chi connectivity index (χ2n) is 20.3. The van der Waals surface area contributed by atoms with Gasteiger partial charge < -0.3 is 18.9 Å². The molecule has 0 spiro atoms. The van der Waals surface area contributed by atoms with Crippen molar-refractivity contribution in [2.45, 2.75) is 79.3 Å². The van der Waals surface area contributed by atoms with Crippen molar-refractivity contribution >= 4 is 23.9 Å². The van der Waals surface area contributed by atoms with Crippen molar-refractivity contribution in [3.8, 4) is 45.3 Å². The van der Waals surface area contributed by atoms with Crippen LogP contribution in [0.25, 0.3) is 22.3 Å². The summed E-state index contributed by atoms with van der Waals surface area (Å²) in [4.78, 5) is 56.6. The highest BCUT2D eigenvalue weighted by Crippen LogP contribution is 2.53. The highest BCUT2D eigenvalue weighted by molar-refractivity contribution is 5.96. The number of ether oxygens (including phenoxy) is 4. The summed E-state index contributed by atoms with van der Waals surface area (Å²) in [6, 6.07) is 38.4. The van der Waals surface area contributed by atoms with Crippen LogP contribution in [-0.2, 0) is 35.3 Å². The van der Waals surface area contributed by atoms with E-state index in [4.69, 9.17) is 18.9 Å². The predicted molar refractivity (Wildman–Crippen MR) is 262 cm³/mol. The van der Waals surface area contributed by atoms with Crippen LogP contribution in [0.3, 0.4) is 0 Å². The summed E-state index contributed by atoms with van der Waals surface area (Å²) < 4.78 is 23.7. The molecule has 0 N–H and O–H groups in total. The maximum atomic E-state index is 13.2. The Morgan fingerprint density at radius 3 is 1.32 bits per heavy atom. The van der Waals surface area contributed by atoms with Gasteiger partial charge in [0, 0.05) is 36.3 Å². The second kappa shape index (κ2) is 18.3. The van der Waals surface area contributed by atoms with E-state index in [0.29, 0.717) is 22.6 Å². The smallest absolute Gasteiger partial charge is 0.343 e. The first kappa shape index (κ1) is 46.2. The number of rotatable bonds is 6. The highest BCUT2D eigenvalue weighted by atomic mass is 16.6. The lowest BCUT2D eigenvalue weighted by molar-refractivity contribution is -0.145. The van der Waals surface area contributed by atoms with Gasteiger partial charge in [-0.2, -0.15) is 0 Å². The van der Waals surface area contributed by atoms with Gasteiger partial charge in [-0.3, -0.25) is 19.4 Å². The van der Waals surface area contributed by atoms with Gasteiger partial charge in [0.1, 0.15) is 0 Å². The lowest BCUT2D eigenvalue weighted by atomic mass is 9.77. The number of likely N-dealkylation sites (N-methyl/N-ethyl adjacent to an activating group) is 2. The molecular formula is C58H58N2O8. The van der Waals surface area contributed by atoms with Crippen LogP contribution in [0.1, 0.15) is 108 Å². The molecule has 10 heteroatoms. The largest absolute Gasteiger partial charge is 0.422 e. The average molecular weight is 911 g/mol. The molecule has 0 saturated heterocycles. The van der Waals surface area contributed by atoms with Crippen LogP contribution >= 0.6 is 0 Å². The minimum Gasteiger partial charge on any atom is -0.422 e. The summed E-state index contributed by atoms with van der Waals surface area (Å²) in [5, 5.41) is 0. The minimum absolute atomic E-state index is 0.229. The molecule has 6 aromatic carbocycles. The molecule has 0 aromatic heterocycles. The van der Waals surface area contributed by atoms with Crippen LogP contribution in [0.15, 0.2) is 121 Å². The van der Waals surface area contributed by atoms with Crippen LogP contribution in [0.4, 0.5) is 0 Å². The topological polar surface area (TPSA) is 112 Å². The van der Waals surface area contributed by atoms with Crippen LogP contribution in [-0.4, -0.2) is 60.9 Å². The molecule has 2 unspecified atom stereocenters. The summed E-state index contributed by atoms with van der Waals surface area (Å²) in [5.41, 5.74) is 10.6. The minimum atomic E-state index is -0.693. The quantitative estimate of drug-likeness (QED) is 0.118. The number of nitrogens with zero attached hydrogens (tertiary/aromatic N) is 2. The molecule has 0 saturated carbocycles. The van der Waals surface area contributed by atoms with E-state index in [1.54, 1.807) is 60.7 Å². The van der Waals surface area contributed by atoms with E-state index in [1.165, 1.54) is 22.3 Å². The van der Waals surface area contributed by atoms with Gasteiger partial charge in [-0.05, 0) is 162 Å². The molecule has 0 radical (unpaired) electrons. The Balaban J connectivity index is 0.000000171. The molecule has 0 bridgehead atoms.